The zero-order valence-electron chi connectivity index (χ0n) is 12.3. The van der Waals surface area contributed by atoms with Gasteiger partial charge in [0.05, 0.1) is 18.3 Å². The van der Waals surface area contributed by atoms with E-state index >= 15 is 0 Å². The molecule has 0 saturated carbocycles. The first kappa shape index (κ1) is 16.0. The second kappa shape index (κ2) is 5.95. The summed E-state index contributed by atoms with van der Waals surface area (Å²) in [6.45, 7) is 6.82. The van der Waals surface area contributed by atoms with E-state index in [1.165, 1.54) is 0 Å². The van der Waals surface area contributed by atoms with Gasteiger partial charge in [-0.3, -0.25) is 0 Å². The van der Waals surface area contributed by atoms with Crippen molar-refractivity contribution in [1.29, 1.82) is 0 Å². The van der Waals surface area contributed by atoms with E-state index in [1.54, 1.807) is 34.8 Å². The van der Waals surface area contributed by atoms with Gasteiger partial charge in [-0.25, -0.2) is 0 Å². The van der Waals surface area contributed by atoms with Crippen molar-refractivity contribution in [3.05, 3.63) is 29.8 Å². The smallest absolute Gasteiger partial charge is 0.459 e. The standard InChI is InChI=1S/C14H23BO4/c1-13(2,16)14(3,4)19-15(17)10-11-7-6-8-12(9-11)18-5/h6-9,16-17H,10H2,1-5H3. The summed E-state index contributed by atoms with van der Waals surface area (Å²) in [6, 6.07) is 7.45. The minimum Gasteiger partial charge on any atom is -0.497 e. The fraction of sp³-hybridized carbons (Fsp3) is 0.571. The molecule has 0 unspecified atom stereocenters. The van der Waals surface area contributed by atoms with Crippen LogP contribution in [0.25, 0.3) is 0 Å². The summed E-state index contributed by atoms with van der Waals surface area (Å²) in [5, 5.41) is 20.0. The maximum atomic E-state index is 9.99. The zero-order chi connectivity index (χ0) is 14.7. The molecule has 0 bridgehead atoms. The molecule has 0 fully saturated rings. The van der Waals surface area contributed by atoms with Crippen molar-refractivity contribution in [2.45, 2.75) is 45.2 Å². The van der Waals surface area contributed by atoms with Gasteiger partial charge in [0.1, 0.15) is 5.75 Å². The molecule has 0 amide bonds. The highest BCUT2D eigenvalue weighted by molar-refractivity contribution is 6.42. The summed E-state index contributed by atoms with van der Waals surface area (Å²) in [6.07, 6.45) is 0.344. The predicted molar refractivity (Wildman–Crippen MR) is 76.1 cm³/mol. The molecule has 106 valence electrons. The van der Waals surface area contributed by atoms with Crippen LogP contribution >= 0.6 is 0 Å². The van der Waals surface area contributed by atoms with Gasteiger partial charge in [-0.05, 0) is 45.4 Å². The molecule has 19 heavy (non-hydrogen) atoms. The fourth-order valence-corrected chi connectivity index (χ4v) is 1.53. The van der Waals surface area contributed by atoms with Gasteiger partial charge in [0.25, 0.3) is 0 Å². The first-order valence-corrected chi connectivity index (χ1v) is 6.37. The minimum atomic E-state index is -1.04. The van der Waals surface area contributed by atoms with Crippen LogP contribution in [-0.4, -0.2) is 35.6 Å². The van der Waals surface area contributed by atoms with Crippen molar-refractivity contribution < 1.29 is 19.5 Å². The Kier molecular flexibility index (Phi) is 5.01. The van der Waals surface area contributed by atoms with E-state index in [-0.39, 0.29) is 0 Å². The van der Waals surface area contributed by atoms with E-state index in [4.69, 9.17) is 9.39 Å². The van der Waals surface area contributed by atoms with Crippen LogP contribution in [0, 0.1) is 0 Å². The Morgan fingerprint density at radius 3 is 2.37 bits per heavy atom. The number of ether oxygens (including phenoxy) is 1. The Balaban J connectivity index is 2.67. The molecule has 0 heterocycles. The first-order chi connectivity index (χ1) is 8.65. The summed E-state index contributed by atoms with van der Waals surface area (Å²) in [5.74, 6) is 0.742. The summed E-state index contributed by atoms with van der Waals surface area (Å²) in [7, 11) is 0.622. The number of rotatable bonds is 6. The third-order valence-corrected chi connectivity index (χ3v) is 3.45. The summed E-state index contributed by atoms with van der Waals surface area (Å²) in [4.78, 5) is 0. The second-order valence-corrected chi connectivity index (χ2v) is 5.70. The first-order valence-electron chi connectivity index (χ1n) is 6.37. The molecule has 0 atom stereocenters. The Hall–Kier alpha value is -1.04. The fourth-order valence-electron chi connectivity index (χ4n) is 1.53. The zero-order valence-corrected chi connectivity index (χ0v) is 12.3. The SMILES string of the molecule is COc1cccc(CB(O)OC(C)(C)C(C)(C)O)c1. The van der Waals surface area contributed by atoms with E-state index < -0.39 is 18.3 Å². The molecule has 0 aliphatic carbocycles. The molecular formula is C14H23BO4. The van der Waals surface area contributed by atoms with Gasteiger partial charge < -0.3 is 19.5 Å². The van der Waals surface area contributed by atoms with Crippen LogP contribution in [0.15, 0.2) is 24.3 Å². The van der Waals surface area contributed by atoms with Gasteiger partial charge in [0.2, 0.25) is 0 Å². The van der Waals surface area contributed by atoms with Crippen molar-refractivity contribution in [1.82, 2.24) is 0 Å². The quantitative estimate of drug-likeness (QED) is 0.771. The molecule has 0 aliphatic heterocycles. The Bertz CT molecular complexity index is 412. The lowest BCUT2D eigenvalue weighted by Crippen LogP contribution is -2.50. The highest BCUT2D eigenvalue weighted by Gasteiger charge is 2.38. The number of hydrogen-bond acceptors (Lipinski definition) is 4. The highest BCUT2D eigenvalue weighted by Crippen LogP contribution is 2.26. The Morgan fingerprint density at radius 1 is 1.21 bits per heavy atom. The lowest BCUT2D eigenvalue weighted by Gasteiger charge is -2.38. The molecule has 0 aliphatic rings. The normalized spacial score (nSPS) is 12.4. The molecular weight excluding hydrogens is 243 g/mol. The largest absolute Gasteiger partial charge is 0.497 e. The minimum absolute atomic E-state index is 0.344. The summed E-state index contributed by atoms with van der Waals surface area (Å²) < 4.78 is 10.7. The molecule has 1 rings (SSSR count). The average Bonchev–Trinajstić information content (AvgIpc) is 2.26. The molecule has 0 spiro atoms. The van der Waals surface area contributed by atoms with Crippen LogP contribution < -0.4 is 4.74 Å². The molecule has 1 aromatic carbocycles. The van der Waals surface area contributed by atoms with Crippen molar-refractivity contribution in [3.8, 4) is 5.75 Å². The van der Waals surface area contributed by atoms with E-state index in [0.717, 1.165) is 11.3 Å². The molecule has 0 saturated heterocycles. The van der Waals surface area contributed by atoms with E-state index in [1.807, 2.05) is 24.3 Å². The van der Waals surface area contributed by atoms with E-state index in [2.05, 4.69) is 0 Å². The number of methoxy groups -OCH3 is 1. The van der Waals surface area contributed by atoms with Gasteiger partial charge >= 0.3 is 7.12 Å². The van der Waals surface area contributed by atoms with Crippen LogP contribution in [-0.2, 0) is 11.0 Å². The van der Waals surface area contributed by atoms with Crippen LogP contribution in [0.5, 0.6) is 5.75 Å². The maximum absolute atomic E-state index is 9.99. The van der Waals surface area contributed by atoms with Crippen molar-refractivity contribution in [2.75, 3.05) is 7.11 Å². The molecule has 5 heteroatoms. The van der Waals surface area contributed by atoms with Crippen LogP contribution in [0.2, 0.25) is 0 Å². The topological polar surface area (TPSA) is 58.9 Å². The Labute approximate surface area is 115 Å². The van der Waals surface area contributed by atoms with Gasteiger partial charge in [-0.15, -0.1) is 0 Å². The maximum Gasteiger partial charge on any atom is 0.459 e. The Morgan fingerprint density at radius 2 is 1.84 bits per heavy atom. The number of hydrogen-bond donors (Lipinski definition) is 2. The lowest BCUT2D eigenvalue weighted by atomic mass is 9.78. The summed E-state index contributed by atoms with van der Waals surface area (Å²) in [5.41, 5.74) is -0.966. The van der Waals surface area contributed by atoms with Gasteiger partial charge in [0.15, 0.2) is 0 Å². The third-order valence-electron chi connectivity index (χ3n) is 3.45. The molecule has 1 aromatic rings. The van der Waals surface area contributed by atoms with Gasteiger partial charge in [-0.2, -0.15) is 0 Å². The summed E-state index contributed by atoms with van der Waals surface area (Å²) >= 11 is 0. The third kappa shape index (κ3) is 4.53. The van der Waals surface area contributed by atoms with Crippen molar-refractivity contribution >= 4 is 7.12 Å². The van der Waals surface area contributed by atoms with Crippen LogP contribution in [0.3, 0.4) is 0 Å². The van der Waals surface area contributed by atoms with E-state index in [9.17, 15) is 10.1 Å². The average molecular weight is 266 g/mol. The van der Waals surface area contributed by atoms with Gasteiger partial charge in [0, 0.05) is 6.32 Å². The number of benzene rings is 1. The molecule has 0 aromatic heterocycles. The molecule has 2 N–H and O–H groups in total. The van der Waals surface area contributed by atoms with Crippen molar-refractivity contribution in [2.24, 2.45) is 0 Å². The van der Waals surface area contributed by atoms with Gasteiger partial charge in [-0.1, -0.05) is 12.1 Å². The lowest BCUT2D eigenvalue weighted by molar-refractivity contribution is -0.100. The van der Waals surface area contributed by atoms with E-state index in [0.29, 0.717) is 6.32 Å². The molecule has 4 nitrogen and oxygen atoms in total. The molecule has 0 radical (unpaired) electrons. The van der Waals surface area contributed by atoms with Crippen molar-refractivity contribution in [3.63, 3.8) is 0 Å². The predicted octanol–water partition coefficient (Wildman–Crippen LogP) is 1.82. The highest BCUT2D eigenvalue weighted by atomic mass is 16.5. The second-order valence-electron chi connectivity index (χ2n) is 5.70. The van der Waals surface area contributed by atoms with Crippen LogP contribution in [0.4, 0.5) is 0 Å². The van der Waals surface area contributed by atoms with Crippen LogP contribution in [0.1, 0.15) is 33.3 Å². The monoisotopic (exact) mass is 266 g/mol. The number of aliphatic hydroxyl groups is 1.